The Hall–Kier alpha value is -1.89. The summed E-state index contributed by atoms with van der Waals surface area (Å²) in [5, 5.41) is 18.8. The summed E-state index contributed by atoms with van der Waals surface area (Å²) in [6, 6.07) is 2.13. The van der Waals surface area contributed by atoms with Crippen molar-refractivity contribution < 1.29 is 14.7 Å². The number of likely N-dealkylation sites (N-methyl/N-ethyl adjacent to an activating group) is 1. The molecule has 3 N–H and O–H groups in total. The number of carboxylic acids is 1. The molecule has 2 rings (SSSR count). The van der Waals surface area contributed by atoms with Crippen LogP contribution in [0.25, 0.3) is 0 Å². The van der Waals surface area contributed by atoms with Gasteiger partial charge in [-0.2, -0.15) is 5.10 Å². The zero-order valence-corrected chi connectivity index (χ0v) is 14.0. The SMILES string of the molecule is CCN(CC(=O)O)C1CC(NC(=O)c2cc(CC(C)C)[nH]n2)C1. The van der Waals surface area contributed by atoms with Crippen LogP contribution >= 0.6 is 0 Å². The van der Waals surface area contributed by atoms with E-state index in [4.69, 9.17) is 5.11 Å². The molecule has 0 saturated heterocycles. The molecule has 0 aliphatic heterocycles. The van der Waals surface area contributed by atoms with Crippen molar-refractivity contribution >= 4 is 11.9 Å². The van der Waals surface area contributed by atoms with Crippen LogP contribution in [0.15, 0.2) is 6.07 Å². The molecule has 1 fully saturated rings. The van der Waals surface area contributed by atoms with Crippen LogP contribution in [0, 0.1) is 5.92 Å². The van der Waals surface area contributed by atoms with Crippen molar-refractivity contribution in [2.24, 2.45) is 5.92 Å². The Morgan fingerprint density at radius 2 is 2.17 bits per heavy atom. The lowest BCUT2D eigenvalue weighted by Gasteiger charge is -2.42. The van der Waals surface area contributed by atoms with E-state index in [0.717, 1.165) is 25.0 Å². The van der Waals surface area contributed by atoms with Crippen LogP contribution < -0.4 is 5.32 Å². The highest BCUT2D eigenvalue weighted by Gasteiger charge is 2.35. The lowest BCUT2D eigenvalue weighted by Crippen LogP contribution is -2.54. The number of H-pyrrole nitrogens is 1. The number of hydrogen-bond acceptors (Lipinski definition) is 4. The maximum Gasteiger partial charge on any atom is 0.317 e. The summed E-state index contributed by atoms with van der Waals surface area (Å²) in [6.45, 7) is 6.95. The van der Waals surface area contributed by atoms with E-state index in [0.29, 0.717) is 18.2 Å². The number of carboxylic acid groups (broad SMARTS) is 1. The highest BCUT2D eigenvalue weighted by atomic mass is 16.4. The number of aliphatic carboxylic acids is 1. The molecule has 128 valence electrons. The first kappa shape index (κ1) is 17.5. The number of nitrogens with zero attached hydrogens (tertiary/aromatic N) is 2. The normalized spacial score (nSPS) is 20.6. The minimum absolute atomic E-state index is 0.0553. The fourth-order valence-electron chi connectivity index (χ4n) is 2.96. The standard InChI is InChI=1S/C16H26N4O3/c1-4-20(9-15(21)22)13-6-11(7-13)17-16(23)14-8-12(18-19-14)5-10(2)3/h8,10-11,13H,4-7,9H2,1-3H3,(H,17,23)(H,18,19)(H,21,22). The Kier molecular flexibility index (Phi) is 5.76. The number of amides is 1. The maximum atomic E-state index is 12.2. The van der Waals surface area contributed by atoms with E-state index >= 15 is 0 Å². The molecule has 7 nitrogen and oxygen atoms in total. The van der Waals surface area contributed by atoms with Crippen LogP contribution in [-0.2, 0) is 11.2 Å². The van der Waals surface area contributed by atoms with Gasteiger partial charge in [0.2, 0.25) is 0 Å². The predicted octanol–water partition coefficient (Wildman–Crippen LogP) is 1.28. The van der Waals surface area contributed by atoms with Crippen LogP contribution in [-0.4, -0.2) is 57.3 Å². The molecular formula is C16H26N4O3. The largest absolute Gasteiger partial charge is 0.480 e. The summed E-state index contributed by atoms with van der Waals surface area (Å²) in [6.07, 6.45) is 2.44. The highest BCUT2D eigenvalue weighted by molar-refractivity contribution is 5.92. The van der Waals surface area contributed by atoms with Crippen molar-refractivity contribution in [2.75, 3.05) is 13.1 Å². The van der Waals surface area contributed by atoms with Gasteiger partial charge in [0.15, 0.2) is 0 Å². The second-order valence-electron chi connectivity index (χ2n) is 6.63. The number of aromatic nitrogens is 2. The molecule has 0 aromatic carbocycles. The van der Waals surface area contributed by atoms with Crippen LogP contribution in [0.4, 0.5) is 0 Å². The van der Waals surface area contributed by atoms with Crippen molar-refractivity contribution in [2.45, 2.75) is 52.1 Å². The van der Waals surface area contributed by atoms with Crippen LogP contribution in [0.2, 0.25) is 0 Å². The number of carbonyl (C=O) groups is 2. The van der Waals surface area contributed by atoms with Crippen molar-refractivity contribution in [3.05, 3.63) is 17.5 Å². The van der Waals surface area contributed by atoms with Crippen LogP contribution in [0.3, 0.4) is 0 Å². The van der Waals surface area contributed by atoms with Gasteiger partial charge in [-0.1, -0.05) is 20.8 Å². The number of hydrogen-bond donors (Lipinski definition) is 3. The molecule has 7 heteroatoms. The first-order chi connectivity index (χ1) is 10.9. The average molecular weight is 322 g/mol. The number of rotatable bonds is 8. The zero-order chi connectivity index (χ0) is 17.0. The van der Waals surface area contributed by atoms with Gasteiger partial charge in [-0.05, 0) is 37.8 Å². The van der Waals surface area contributed by atoms with Crippen molar-refractivity contribution in [1.29, 1.82) is 0 Å². The number of nitrogens with one attached hydrogen (secondary N) is 2. The first-order valence-corrected chi connectivity index (χ1v) is 8.20. The molecule has 1 saturated carbocycles. The summed E-state index contributed by atoms with van der Waals surface area (Å²) < 4.78 is 0. The number of aromatic amines is 1. The van der Waals surface area contributed by atoms with E-state index in [1.54, 1.807) is 6.07 Å². The molecule has 1 heterocycles. The molecule has 1 amide bonds. The second kappa shape index (κ2) is 7.59. The van der Waals surface area contributed by atoms with E-state index in [-0.39, 0.29) is 24.5 Å². The minimum Gasteiger partial charge on any atom is -0.480 e. The van der Waals surface area contributed by atoms with Crippen LogP contribution in [0.5, 0.6) is 0 Å². The molecule has 0 radical (unpaired) electrons. The van der Waals surface area contributed by atoms with Gasteiger partial charge < -0.3 is 10.4 Å². The third-order valence-corrected chi connectivity index (χ3v) is 4.20. The lowest BCUT2D eigenvalue weighted by molar-refractivity contribution is -0.139. The van der Waals surface area contributed by atoms with E-state index in [2.05, 4.69) is 29.4 Å². The maximum absolute atomic E-state index is 12.2. The molecule has 1 aromatic heterocycles. The predicted molar refractivity (Wildman–Crippen MR) is 86.3 cm³/mol. The van der Waals surface area contributed by atoms with Gasteiger partial charge in [0.1, 0.15) is 5.69 Å². The Balaban J connectivity index is 1.79. The van der Waals surface area contributed by atoms with Crippen molar-refractivity contribution in [3.8, 4) is 0 Å². The summed E-state index contributed by atoms with van der Waals surface area (Å²) in [7, 11) is 0. The Morgan fingerprint density at radius 1 is 1.48 bits per heavy atom. The molecule has 0 unspecified atom stereocenters. The molecule has 1 aliphatic rings. The van der Waals surface area contributed by atoms with E-state index in [9.17, 15) is 9.59 Å². The molecule has 1 aliphatic carbocycles. The molecule has 1 aromatic rings. The molecule has 23 heavy (non-hydrogen) atoms. The van der Waals surface area contributed by atoms with Gasteiger partial charge in [-0.15, -0.1) is 0 Å². The molecule has 0 spiro atoms. The van der Waals surface area contributed by atoms with Gasteiger partial charge in [0, 0.05) is 17.8 Å². The summed E-state index contributed by atoms with van der Waals surface area (Å²) in [5.41, 5.74) is 1.39. The van der Waals surface area contributed by atoms with Crippen LogP contribution in [0.1, 0.15) is 49.8 Å². The van der Waals surface area contributed by atoms with Gasteiger partial charge in [0.25, 0.3) is 5.91 Å². The second-order valence-corrected chi connectivity index (χ2v) is 6.63. The highest BCUT2D eigenvalue weighted by Crippen LogP contribution is 2.25. The Labute approximate surface area is 136 Å². The van der Waals surface area contributed by atoms with Gasteiger partial charge in [-0.25, -0.2) is 0 Å². The third-order valence-electron chi connectivity index (χ3n) is 4.20. The fraction of sp³-hybridized carbons (Fsp3) is 0.688. The van der Waals surface area contributed by atoms with Crippen molar-refractivity contribution in [3.63, 3.8) is 0 Å². The Bertz CT molecular complexity index is 549. The first-order valence-electron chi connectivity index (χ1n) is 8.20. The van der Waals surface area contributed by atoms with E-state index in [1.165, 1.54) is 0 Å². The van der Waals surface area contributed by atoms with E-state index in [1.807, 2.05) is 11.8 Å². The molecule has 0 bridgehead atoms. The lowest BCUT2D eigenvalue weighted by atomic mass is 9.85. The van der Waals surface area contributed by atoms with Gasteiger partial charge in [-0.3, -0.25) is 19.6 Å². The monoisotopic (exact) mass is 322 g/mol. The van der Waals surface area contributed by atoms with Gasteiger partial charge >= 0.3 is 5.97 Å². The molecule has 0 atom stereocenters. The zero-order valence-electron chi connectivity index (χ0n) is 14.0. The minimum atomic E-state index is -0.812. The van der Waals surface area contributed by atoms with Gasteiger partial charge in [0.05, 0.1) is 6.54 Å². The quantitative estimate of drug-likeness (QED) is 0.669. The Morgan fingerprint density at radius 3 is 2.74 bits per heavy atom. The smallest absolute Gasteiger partial charge is 0.317 e. The van der Waals surface area contributed by atoms with E-state index < -0.39 is 5.97 Å². The topological polar surface area (TPSA) is 98.3 Å². The molecular weight excluding hydrogens is 296 g/mol. The summed E-state index contributed by atoms with van der Waals surface area (Å²) >= 11 is 0. The van der Waals surface area contributed by atoms with Crippen molar-refractivity contribution in [1.82, 2.24) is 20.4 Å². The average Bonchev–Trinajstić information content (AvgIpc) is 2.87. The summed E-state index contributed by atoms with van der Waals surface area (Å²) in [4.78, 5) is 24.9. The third kappa shape index (κ3) is 4.79. The summed E-state index contributed by atoms with van der Waals surface area (Å²) in [5.74, 6) is -0.470. The number of carbonyl (C=O) groups excluding carboxylic acids is 1. The fourth-order valence-corrected chi connectivity index (χ4v) is 2.96.